The van der Waals surface area contributed by atoms with E-state index >= 15 is 0 Å². The summed E-state index contributed by atoms with van der Waals surface area (Å²) in [6.07, 6.45) is 1.69. The van der Waals surface area contributed by atoms with Gasteiger partial charge in [0.05, 0.1) is 4.92 Å². The van der Waals surface area contributed by atoms with Crippen molar-refractivity contribution in [3.8, 4) is 0 Å². The van der Waals surface area contributed by atoms with Gasteiger partial charge in [-0.2, -0.15) is 0 Å². The van der Waals surface area contributed by atoms with Crippen LogP contribution in [-0.2, 0) is 7.05 Å². The number of carbonyl (C=O) groups is 2. The highest BCUT2D eigenvalue weighted by Gasteiger charge is 2.13. The van der Waals surface area contributed by atoms with Crippen LogP contribution in [0, 0.1) is 10.1 Å². The van der Waals surface area contributed by atoms with Crippen LogP contribution in [0.15, 0.2) is 42.6 Å². The van der Waals surface area contributed by atoms with E-state index in [4.69, 9.17) is 0 Å². The molecule has 0 aliphatic heterocycles. The normalized spacial score (nSPS) is 9.95. The Balaban J connectivity index is 2.02. The van der Waals surface area contributed by atoms with E-state index in [0.29, 0.717) is 5.69 Å². The topological polar surface area (TPSA) is 106 Å². The Labute approximate surface area is 119 Å². The number of rotatable bonds is 3. The monoisotopic (exact) mass is 288 g/mol. The number of hydrazine groups is 1. The molecule has 8 nitrogen and oxygen atoms in total. The van der Waals surface area contributed by atoms with E-state index in [0.717, 1.165) is 6.07 Å². The fourth-order valence-electron chi connectivity index (χ4n) is 1.71. The van der Waals surface area contributed by atoms with Gasteiger partial charge < -0.3 is 4.57 Å². The Kier molecular flexibility index (Phi) is 3.98. The van der Waals surface area contributed by atoms with E-state index in [-0.39, 0.29) is 11.3 Å². The Bertz CT molecular complexity index is 708. The minimum Gasteiger partial charge on any atom is -0.347 e. The number of nitrogens with zero attached hydrogens (tertiary/aromatic N) is 2. The highest BCUT2D eigenvalue weighted by atomic mass is 16.6. The molecule has 1 heterocycles. The number of aryl methyl sites for hydroxylation is 1. The van der Waals surface area contributed by atoms with Crippen LogP contribution < -0.4 is 10.9 Å². The lowest BCUT2D eigenvalue weighted by atomic mass is 10.2. The van der Waals surface area contributed by atoms with Crippen LogP contribution in [0.25, 0.3) is 0 Å². The van der Waals surface area contributed by atoms with Gasteiger partial charge in [0.1, 0.15) is 5.69 Å². The molecule has 2 rings (SSSR count). The van der Waals surface area contributed by atoms with E-state index in [2.05, 4.69) is 10.9 Å². The zero-order valence-corrected chi connectivity index (χ0v) is 11.1. The van der Waals surface area contributed by atoms with Gasteiger partial charge in [-0.05, 0) is 18.2 Å². The molecule has 0 bridgehead atoms. The molecule has 0 fully saturated rings. The number of nitro groups is 1. The maximum atomic E-state index is 11.8. The maximum Gasteiger partial charge on any atom is 0.286 e. The van der Waals surface area contributed by atoms with Crippen LogP contribution >= 0.6 is 0 Å². The summed E-state index contributed by atoms with van der Waals surface area (Å²) in [5, 5.41) is 10.6. The molecular formula is C13H12N4O4. The zero-order valence-electron chi connectivity index (χ0n) is 11.1. The second-order valence-corrected chi connectivity index (χ2v) is 4.22. The first-order valence-corrected chi connectivity index (χ1v) is 5.95. The summed E-state index contributed by atoms with van der Waals surface area (Å²) < 4.78 is 1.59. The quantitative estimate of drug-likeness (QED) is 0.649. The lowest BCUT2D eigenvalue weighted by Gasteiger charge is -2.07. The third-order valence-corrected chi connectivity index (χ3v) is 2.79. The lowest BCUT2D eigenvalue weighted by Crippen LogP contribution is -2.42. The SMILES string of the molecule is Cn1cccc1C(=O)NNC(=O)c1cccc([N+](=O)[O-])c1. The number of amides is 2. The first kappa shape index (κ1) is 14.3. The Hall–Kier alpha value is -3.16. The number of nitro benzene ring substituents is 1. The van der Waals surface area contributed by atoms with E-state index in [1.54, 1.807) is 29.9 Å². The Morgan fingerprint density at radius 2 is 1.86 bits per heavy atom. The predicted octanol–water partition coefficient (Wildman–Crippen LogP) is 1.01. The van der Waals surface area contributed by atoms with Gasteiger partial charge in [0, 0.05) is 30.9 Å². The largest absolute Gasteiger partial charge is 0.347 e. The standard InChI is InChI=1S/C13H12N4O4/c1-16-7-3-6-11(16)13(19)15-14-12(18)9-4-2-5-10(8-9)17(20)21/h2-8H,1H3,(H,14,18)(H,15,19). The van der Waals surface area contributed by atoms with Gasteiger partial charge in [0.25, 0.3) is 17.5 Å². The van der Waals surface area contributed by atoms with Gasteiger partial charge in [-0.15, -0.1) is 0 Å². The summed E-state index contributed by atoms with van der Waals surface area (Å²) in [7, 11) is 1.69. The van der Waals surface area contributed by atoms with Crippen LogP contribution in [0.5, 0.6) is 0 Å². The van der Waals surface area contributed by atoms with E-state index in [9.17, 15) is 19.7 Å². The van der Waals surface area contributed by atoms with Crippen molar-refractivity contribution in [2.24, 2.45) is 7.05 Å². The molecule has 2 N–H and O–H groups in total. The third kappa shape index (κ3) is 3.24. The van der Waals surface area contributed by atoms with Crippen LogP contribution in [0.3, 0.4) is 0 Å². The minimum atomic E-state index is -0.638. The smallest absolute Gasteiger partial charge is 0.286 e. The number of nitrogens with one attached hydrogen (secondary N) is 2. The molecule has 2 aromatic rings. The second-order valence-electron chi connectivity index (χ2n) is 4.22. The van der Waals surface area contributed by atoms with Crippen LogP contribution in [0.4, 0.5) is 5.69 Å². The van der Waals surface area contributed by atoms with Crippen molar-refractivity contribution in [1.82, 2.24) is 15.4 Å². The van der Waals surface area contributed by atoms with E-state index < -0.39 is 16.7 Å². The fraction of sp³-hybridized carbons (Fsp3) is 0.0769. The number of hydrogen-bond donors (Lipinski definition) is 2. The van der Waals surface area contributed by atoms with Crippen molar-refractivity contribution in [3.05, 3.63) is 64.0 Å². The molecule has 0 saturated carbocycles. The second kappa shape index (κ2) is 5.87. The fourth-order valence-corrected chi connectivity index (χ4v) is 1.71. The molecule has 108 valence electrons. The molecule has 8 heteroatoms. The predicted molar refractivity (Wildman–Crippen MR) is 73.4 cm³/mol. The number of aromatic nitrogens is 1. The van der Waals surface area contributed by atoms with Gasteiger partial charge in [0.2, 0.25) is 0 Å². The molecule has 1 aromatic carbocycles. The molecule has 1 aromatic heterocycles. The number of hydrogen-bond acceptors (Lipinski definition) is 4. The van der Waals surface area contributed by atoms with Crippen molar-refractivity contribution in [1.29, 1.82) is 0 Å². The van der Waals surface area contributed by atoms with Crippen LogP contribution in [-0.4, -0.2) is 21.3 Å². The zero-order chi connectivity index (χ0) is 15.4. The summed E-state index contributed by atoms with van der Waals surface area (Å²) in [6, 6.07) is 8.50. The van der Waals surface area contributed by atoms with Gasteiger partial charge in [-0.3, -0.25) is 30.6 Å². The third-order valence-electron chi connectivity index (χ3n) is 2.79. The molecule has 0 spiro atoms. The number of benzene rings is 1. The molecule has 21 heavy (non-hydrogen) atoms. The summed E-state index contributed by atoms with van der Waals surface area (Å²) in [5.74, 6) is -1.12. The summed E-state index contributed by atoms with van der Waals surface area (Å²) in [5.41, 5.74) is 4.70. The molecule has 0 aliphatic rings. The summed E-state index contributed by atoms with van der Waals surface area (Å²) in [6.45, 7) is 0. The molecule has 0 atom stereocenters. The van der Waals surface area contributed by atoms with Crippen molar-refractivity contribution in [2.45, 2.75) is 0 Å². The van der Waals surface area contributed by atoms with Crippen LogP contribution in [0.1, 0.15) is 20.8 Å². The molecule has 0 unspecified atom stereocenters. The number of carbonyl (C=O) groups excluding carboxylic acids is 2. The summed E-state index contributed by atoms with van der Waals surface area (Å²) >= 11 is 0. The highest BCUT2D eigenvalue weighted by Crippen LogP contribution is 2.12. The van der Waals surface area contributed by atoms with Gasteiger partial charge in [-0.25, -0.2) is 0 Å². The van der Waals surface area contributed by atoms with E-state index in [1.165, 1.54) is 18.2 Å². The van der Waals surface area contributed by atoms with Gasteiger partial charge in [0.15, 0.2) is 0 Å². The van der Waals surface area contributed by atoms with Crippen molar-refractivity contribution < 1.29 is 14.5 Å². The first-order valence-electron chi connectivity index (χ1n) is 5.95. The molecular weight excluding hydrogens is 276 g/mol. The van der Waals surface area contributed by atoms with E-state index in [1.807, 2.05) is 0 Å². The minimum absolute atomic E-state index is 0.0800. The molecule has 0 aliphatic carbocycles. The molecule has 0 radical (unpaired) electrons. The highest BCUT2D eigenvalue weighted by molar-refractivity contribution is 5.98. The van der Waals surface area contributed by atoms with Gasteiger partial charge >= 0.3 is 0 Å². The molecule has 2 amide bonds. The first-order chi connectivity index (χ1) is 9.99. The Morgan fingerprint density at radius 1 is 1.14 bits per heavy atom. The lowest BCUT2D eigenvalue weighted by molar-refractivity contribution is -0.384. The van der Waals surface area contributed by atoms with Crippen LogP contribution in [0.2, 0.25) is 0 Å². The Morgan fingerprint density at radius 3 is 2.48 bits per heavy atom. The molecule has 0 saturated heterocycles. The van der Waals surface area contributed by atoms with Crippen molar-refractivity contribution >= 4 is 17.5 Å². The van der Waals surface area contributed by atoms with Gasteiger partial charge in [-0.1, -0.05) is 6.07 Å². The summed E-state index contributed by atoms with van der Waals surface area (Å²) in [4.78, 5) is 33.6. The number of non-ortho nitro benzene ring substituents is 1. The van der Waals surface area contributed by atoms with Crippen molar-refractivity contribution in [2.75, 3.05) is 0 Å². The van der Waals surface area contributed by atoms with Crippen molar-refractivity contribution in [3.63, 3.8) is 0 Å². The average Bonchev–Trinajstić information content (AvgIpc) is 2.90. The average molecular weight is 288 g/mol. The maximum absolute atomic E-state index is 11.8.